The fourth-order valence-electron chi connectivity index (χ4n) is 3.58. The van der Waals surface area contributed by atoms with Gasteiger partial charge in [-0.15, -0.1) is 0 Å². The van der Waals surface area contributed by atoms with E-state index in [0.29, 0.717) is 36.9 Å². The highest BCUT2D eigenvalue weighted by Crippen LogP contribution is 2.37. The zero-order chi connectivity index (χ0) is 21.8. The molecule has 0 unspecified atom stereocenters. The lowest BCUT2D eigenvalue weighted by Crippen LogP contribution is -2.48. The molecule has 1 saturated heterocycles. The fraction of sp³-hybridized carbons (Fsp3) is 0.450. The maximum Gasteiger partial charge on any atom is 0.355 e. The Bertz CT molecular complexity index is 879. The highest BCUT2D eigenvalue weighted by atomic mass is 35.5. The number of benzene rings is 1. The van der Waals surface area contributed by atoms with E-state index in [1.807, 2.05) is 6.07 Å². The largest absolute Gasteiger partial charge is 0.466 e. The van der Waals surface area contributed by atoms with Crippen LogP contribution in [0, 0.1) is 0 Å². The lowest BCUT2D eigenvalue weighted by atomic mass is 10.1. The van der Waals surface area contributed by atoms with Gasteiger partial charge in [-0.05, 0) is 18.2 Å². The summed E-state index contributed by atoms with van der Waals surface area (Å²) in [4.78, 5) is 42.0. The molecular formula is C20H24ClN3O6. The second kappa shape index (κ2) is 9.36. The number of esters is 2. The van der Waals surface area contributed by atoms with Crippen LogP contribution in [-0.4, -0.2) is 76.5 Å². The van der Waals surface area contributed by atoms with Crippen LogP contribution in [0.15, 0.2) is 29.5 Å². The van der Waals surface area contributed by atoms with Gasteiger partial charge in [0.15, 0.2) is 0 Å². The van der Waals surface area contributed by atoms with Gasteiger partial charge in [-0.2, -0.15) is 0 Å². The van der Waals surface area contributed by atoms with E-state index >= 15 is 0 Å². The first-order valence-corrected chi connectivity index (χ1v) is 9.80. The quantitative estimate of drug-likeness (QED) is 0.653. The number of halogens is 1. The number of piperazine rings is 1. The number of carbonyl (C=O) groups is 3. The lowest BCUT2D eigenvalue weighted by molar-refractivity contribution is -0.140. The Balaban J connectivity index is 2.04. The molecule has 1 amide bonds. The van der Waals surface area contributed by atoms with Crippen LogP contribution in [0.5, 0.6) is 0 Å². The van der Waals surface area contributed by atoms with Crippen molar-refractivity contribution in [3.63, 3.8) is 0 Å². The Kier molecular flexibility index (Phi) is 6.84. The van der Waals surface area contributed by atoms with Gasteiger partial charge in [-0.25, -0.2) is 9.59 Å². The predicted octanol–water partition coefficient (Wildman–Crippen LogP) is 1.40. The molecule has 0 atom stereocenters. The molecular weight excluding hydrogens is 414 g/mol. The zero-order valence-electron chi connectivity index (χ0n) is 17.1. The first-order chi connectivity index (χ1) is 14.4. The van der Waals surface area contributed by atoms with E-state index in [9.17, 15) is 14.4 Å². The van der Waals surface area contributed by atoms with Crippen LogP contribution >= 0.6 is 11.6 Å². The minimum Gasteiger partial charge on any atom is -0.466 e. The summed E-state index contributed by atoms with van der Waals surface area (Å²) in [6, 6.07) is 5.31. The summed E-state index contributed by atoms with van der Waals surface area (Å²) in [7, 11) is 2.49. The van der Waals surface area contributed by atoms with Crippen molar-refractivity contribution in [2.45, 2.75) is 6.92 Å². The van der Waals surface area contributed by atoms with Crippen LogP contribution < -0.4 is 9.80 Å². The van der Waals surface area contributed by atoms with Crippen LogP contribution in [0.25, 0.3) is 0 Å². The molecule has 0 radical (unpaired) electrons. The first-order valence-electron chi connectivity index (χ1n) is 9.42. The van der Waals surface area contributed by atoms with E-state index in [-0.39, 0.29) is 30.5 Å². The first kappa shape index (κ1) is 21.9. The average Bonchev–Trinajstić information content (AvgIpc) is 2.77. The topological polar surface area (TPSA) is 88.6 Å². The number of carbonyl (C=O) groups excluding carboxylic acids is 3. The Labute approximate surface area is 179 Å². The van der Waals surface area contributed by atoms with E-state index in [4.69, 9.17) is 25.8 Å². The molecule has 2 aliphatic rings. The number of anilines is 2. The number of amides is 1. The summed E-state index contributed by atoms with van der Waals surface area (Å²) < 4.78 is 15.3. The third kappa shape index (κ3) is 4.36. The second-order valence-corrected chi connectivity index (χ2v) is 7.28. The summed E-state index contributed by atoms with van der Waals surface area (Å²) in [5.74, 6) is -1.31. The zero-order valence-corrected chi connectivity index (χ0v) is 17.9. The number of hydrogen-bond acceptors (Lipinski definition) is 8. The van der Waals surface area contributed by atoms with Gasteiger partial charge in [-0.1, -0.05) is 11.6 Å². The van der Waals surface area contributed by atoms with Gasteiger partial charge in [0.25, 0.3) is 0 Å². The monoisotopic (exact) mass is 437 g/mol. The molecule has 2 heterocycles. The maximum atomic E-state index is 12.6. The van der Waals surface area contributed by atoms with E-state index in [2.05, 4.69) is 4.90 Å². The second-order valence-electron chi connectivity index (χ2n) is 6.84. The summed E-state index contributed by atoms with van der Waals surface area (Å²) in [5, 5.41) is 0.463. The lowest BCUT2D eigenvalue weighted by Gasteiger charge is -2.39. The summed E-state index contributed by atoms with van der Waals surface area (Å²) in [6.45, 7) is 3.92. The third-order valence-corrected chi connectivity index (χ3v) is 5.36. The van der Waals surface area contributed by atoms with Gasteiger partial charge < -0.3 is 28.9 Å². The molecule has 162 valence electrons. The molecule has 0 spiro atoms. The van der Waals surface area contributed by atoms with Gasteiger partial charge in [0.2, 0.25) is 5.91 Å². The van der Waals surface area contributed by atoms with Crippen molar-refractivity contribution in [3.05, 3.63) is 34.5 Å². The normalized spacial score (nSPS) is 17.1. The van der Waals surface area contributed by atoms with Gasteiger partial charge in [0.05, 0.1) is 37.8 Å². The van der Waals surface area contributed by atoms with Crippen LogP contribution in [0.3, 0.4) is 0 Å². The number of methoxy groups -OCH3 is 2. The van der Waals surface area contributed by atoms with Crippen molar-refractivity contribution in [2.24, 2.45) is 0 Å². The van der Waals surface area contributed by atoms with Crippen molar-refractivity contribution in [2.75, 3.05) is 63.5 Å². The minimum atomic E-state index is -0.675. The van der Waals surface area contributed by atoms with Crippen molar-refractivity contribution < 1.29 is 28.6 Å². The van der Waals surface area contributed by atoms with Gasteiger partial charge >= 0.3 is 11.9 Å². The number of nitrogens with zero attached hydrogens (tertiary/aromatic N) is 3. The van der Waals surface area contributed by atoms with Gasteiger partial charge in [0.1, 0.15) is 12.4 Å². The molecule has 2 aliphatic heterocycles. The molecule has 1 fully saturated rings. The predicted molar refractivity (Wildman–Crippen MR) is 110 cm³/mol. The molecule has 10 heteroatoms. The molecule has 3 rings (SSSR count). The molecule has 0 bridgehead atoms. The molecule has 0 saturated carbocycles. The highest BCUT2D eigenvalue weighted by molar-refractivity contribution is 6.31. The number of hydrogen-bond donors (Lipinski definition) is 0. The Hall–Kier alpha value is -2.78. The van der Waals surface area contributed by atoms with Crippen molar-refractivity contribution >= 4 is 40.8 Å². The Morgan fingerprint density at radius 2 is 1.67 bits per heavy atom. The SMILES string of the molecule is COC(=O)C1=C(C(=O)OC)N(c2cc(Cl)ccc2N2CCN(C(C)=O)CC2)COC1. The summed E-state index contributed by atoms with van der Waals surface area (Å²) in [6.07, 6.45) is 0. The Morgan fingerprint density at radius 1 is 1.00 bits per heavy atom. The maximum absolute atomic E-state index is 12.6. The molecule has 9 nitrogen and oxygen atoms in total. The van der Waals surface area contributed by atoms with Crippen molar-refractivity contribution in [1.82, 2.24) is 4.90 Å². The third-order valence-electron chi connectivity index (χ3n) is 5.13. The van der Waals surface area contributed by atoms with E-state index in [0.717, 1.165) is 5.69 Å². The minimum absolute atomic E-state index is 0.0334. The van der Waals surface area contributed by atoms with Crippen LogP contribution in [0.2, 0.25) is 5.02 Å². The fourth-order valence-corrected chi connectivity index (χ4v) is 3.74. The molecule has 1 aromatic carbocycles. The highest BCUT2D eigenvalue weighted by Gasteiger charge is 2.34. The van der Waals surface area contributed by atoms with E-state index in [1.54, 1.807) is 28.9 Å². The number of ether oxygens (including phenoxy) is 3. The molecule has 0 aliphatic carbocycles. The van der Waals surface area contributed by atoms with Crippen molar-refractivity contribution in [3.8, 4) is 0 Å². The van der Waals surface area contributed by atoms with Gasteiger partial charge in [0, 0.05) is 38.1 Å². The standard InChI is InChI=1S/C20H24ClN3O6/c1-13(25)22-6-8-23(9-7-22)16-5-4-14(21)10-17(16)24-12-30-11-15(19(26)28-2)18(24)20(27)29-3/h4-5,10H,6-9,11-12H2,1-3H3. The number of rotatable bonds is 4. The summed E-state index contributed by atoms with van der Waals surface area (Å²) in [5.41, 5.74) is 1.53. The molecule has 1 aromatic rings. The Morgan fingerprint density at radius 3 is 2.27 bits per heavy atom. The van der Waals surface area contributed by atoms with E-state index < -0.39 is 11.9 Å². The molecule has 0 aromatic heterocycles. The average molecular weight is 438 g/mol. The van der Waals surface area contributed by atoms with Gasteiger partial charge in [-0.3, -0.25) is 4.79 Å². The summed E-state index contributed by atoms with van der Waals surface area (Å²) >= 11 is 6.26. The van der Waals surface area contributed by atoms with Crippen LogP contribution in [-0.2, 0) is 28.6 Å². The van der Waals surface area contributed by atoms with Crippen LogP contribution in [0.4, 0.5) is 11.4 Å². The molecule has 30 heavy (non-hydrogen) atoms. The van der Waals surface area contributed by atoms with Crippen LogP contribution in [0.1, 0.15) is 6.92 Å². The molecule has 0 N–H and O–H groups in total. The smallest absolute Gasteiger partial charge is 0.355 e. The van der Waals surface area contributed by atoms with E-state index in [1.165, 1.54) is 14.2 Å². The van der Waals surface area contributed by atoms with Crippen molar-refractivity contribution in [1.29, 1.82) is 0 Å².